The summed E-state index contributed by atoms with van der Waals surface area (Å²) in [4.78, 5) is 11.2. The summed E-state index contributed by atoms with van der Waals surface area (Å²) in [5.41, 5.74) is 5.37. The number of amides is 1. The quantitative estimate of drug-likeness (QED) is 0.668. The molecule has 0 aromatic heterocycles. The van der Waals surface area contributed by atoms with Crippen LogP contribution in [0.2, 0.25) is 0 Å². The van der Waals surface area contributed by atoms with Crippen LogP contribution in [-0.4, -0.2) is 20.9 Å². The Morgan fingerprint density at radius 1 is 1.31 bits per heavy atom. The van der Waals surface area contributed by atoms with Gasteiger partial charge in [0, 0.05) is 13.0 Å². The van der Waals surface area contributed by atoms with Crippen LogP contribution in [0.15, 0.2) is 29.2 Å². The lowest BCUT2D eigenvalue weighted by Crippen LogP contribution is -2.20. The molecule has 0 aliphatic carbocycles. The van der Waals surface area contributed by atoms with Crippen molar-refractivity contribution in [2.24, 2.45) is 10.9 Å². The van der Waals surface area contributed by atoms with Gasteiger partial charge in [-0.05, 0) is 12.1 Å². The molecule has 1 aromatic rings. The Bertz CT molecular complexity index is 485. The maximum Gasteiger partial charge on any atom is 0.240 e. The Morgan fingerprint density at radius 2 is 1.94 bits per heavy atom. The first-order chi connectivity index (χ1) is 7.45. The van der Waals surface area contributed by atoms with E-state index in [1.54, 1.807) is 6.07 Å². The van der Waals surface area contributed by atoms with Crippen LogP contribution < -0.4 is 16.2 Å². The van der Waals surface area contributed by atoms with E-state index in [-0.39, 0.29) is 29.5 Å². The van der Waals surface area contributed by atoms with Crippen molar-refractivity contribution in [3.05, 3.63) is 24.3 Å². The van der Waals surface area contributed by atoms with Crippen LogP contribution in [0.1, 0.15) is 6.42 Å². The molecule has 16 heavy (non-hydrogen) atoms. The number of para-hydroxylation sites is 1. The van der Waals surface area contributed by atoms with E-state index < -0.39 is 10.0 Å². The number of carbonyl (C=O) groups excluding carboxylic acids is 1. The predicted octanol–water partition coefficient (Wildman–Crippen LogP) is -0.379. The van der Waals surface area contributed by atoms with Crippen LogP contribution in [0.5, 0.6) is 0 Å². The molecule has 88 valence electrons. The van der Waals surface area contributed by atoms with Gasteiger partial charge in [0.25, 0.3) is 0 Å². The summed E-state index contributed by atoms with van der Waals surface area (Å²) in [5.74, 6) is -0.349. The summed E-state index contributed by atoms with van der Waals surface area (Å²) in [5, 5.41) is 7.44. The summed E-state index contributed by atoms with van der Waals surface area (Å²) in [6.45, 7) is 0.198. The summed E-state index contributed by atoms with van der Waals surface area (Å²) < 4.78 is 22.4. The molecule has 1 amide bonds. The number of rotatable bonds is 4. The molecular weight excluding hydrogens is 230 g/mol. The minimum Gasteiger partial charge on any atom is -0.330 e. The number of sulfonamides is 1. The largest absolute Gasteiger partial charge is 0.330 e. The number of hydrogen-bond donors (Lipinski definition) is 3. The second kappa shape index (κ2) is 5.06. The van der Waals surface area contributed by atoms with E-state index in [0.717, 1.165) is 0 Å². The molecule has 0 bridgehead atoms. The minimum absolute atomic E-state index is 0.111. The lowest BCUT2D eigenvalue weighted by Gasteiger charge is -2.08. The van der Waals surface area contributed by atoms with Gasteiger partial charge in [0.05, 0.1) is 5.69 Å². The number of nitrogens with two attached hydrogens (primary N) is 2. The van der Waals surface area contributed by atoms with Gasteiger partial charge in [0.15, 0.2) is 0 Å². The van der Waals surface area contributed by atoms with E-state index in [4.69, 9.17) is 10.9 Å². The Morgan fingerprint density at radius 3 is 2.50 bits per heavy atom. The summed E-state index contributed by atoms with van der Waals surface area (Å²) in [6, 6.07) is 5.92. The normalized spacial score (nSPS) is 11.1. The van der Waals surface area contributed by atoms with Gasteiger partial charge in [-0.2, -0.15) is 0 Å². The highest BCUT2D eigenvalue weighted by Gasteiger charge is 2.14. The summed E-state index contributed by atoms with van der Waals surface area (Å²) in [6.07, 6.45) is 0.124. The molecule has 0 spiro atoms. The van der Waals surface area contributed by atoms with Crippen LogP contribution in [0, 0.1) is 0 Å². The Labute approximate surface area is 93.7 Å². The highest BCUT2D eigenvalue weighted by molar-refractivity contribution is 7.89. The first-order valence-corrected chi connectivity index (χ1v) is 6.11. The molecule has 0 unspecified atom stereocenters. The standard InChI is InChI=1S/C9H13N3O3S/c10-6-5-9(13)12-7-3-1-2-4-8(7)16(11,14)15/h1-4H,5-6,10H2,(H,12,13)(H2,11,14,15). The average Bonchev–Trinajstić information content (AvgIpc) is 2.17. The molecule has 0 atom stereocenters. The van der Waals surface area contributed by atoms with Gasteiger partial charge in [0.1, 0.15) is 4.90 Å². The highest BCUT2D eigenvalue weighted by Crippen LogP contribution is 2.19. The molecule has 0 heterocycles. The van der Waals surface area contributed by atoms with E-state index >= 15 is 0 Å². The molecule has 0 fully saturated rings. The zero-order chi connectivity index (χ0) is 12.2. The molecule has 0 aliphatic rings. The van der Waals surface area contributed by atoms with Gasteiger partial charge in [-0.1, -0.05) is 12.1 Å². The second-order valence-corrected chi connectivity index (χ2v) is 4.66. The van der Waals surface area contributed by atoms with Crippen molar-refractivity contribution in [1.29, 1.82) is 0 Å². The van der Waals surface area contributed by atoms with Crippen LogP contribution >= 0.6 is 0 Å². The highest BCUT2D eigenvalue weighted by atomic mass is 32.2. The number of primary sulfonamides is 1. The lowest BCUT2D eigenvalue weighted by atomic mass is 10.3. The maximum atomic E-state index is 11.3. The molecule has 6 nitrogen and oxygen atoms in total. The van der Waals surface area contributed by atoms with Crippen LogP contribution in [0.4, 0.5) is 5.69 Å². The van der Waals surface area contributed by atoms with E-state index in [0.29, 0.717) is 0 Å². The van der Waals surface area contributed by atoms with Crippen molar-refractivity contribution in [3.8, 4) is 0 Å². The molecule has 0 radical (unpaired) electrons. The second-order valence-electron chi connectivity index (χ2n) is 3.13. The molecule has 7 heteroatoms. The molecule has 0 saturated carbocycles. The van der Waals surface area contributed by atoms with Gasteiger partial charge < -0.3 is 11.1 Å². The van der Waals surface area contributed by atoms with Crippen LogP contribution in [-0.2, 0) is 14.8 Å². The number of benzene rings is 1. The molecular formula is C9H13N3O3S. The van der Waals surface area contributed by atoms with Gasteiger partial charge in [0.2, 0.25) is 15.9 Å². The van der Waals surface area contributed by atoms with Gasteiger partial charge in [-0.3, -0.25) is 4.79 Å². The monoisotopic (exact) mass is 243 g/mol. The third-order valence-corrected chi connectivity index (χ3v) is 2.81. The van der Waals surface area contributed by atoms with E-state index in [2.05, 4.69) is 5.32 Å². The Balaban J connectivity index is 3.01. The van der Waals surface area contributed by atoms with Crippen molar-refractivity contribution in [2.75, 3.05) is 11.9 Å². The van der Waals surface area contributed by atoms with Crippen LogP contribution in [0.25, 0.3) is 0 Å². The Kier molecular flexibility index (Phi) is 3.99. The molecule has 0 saturated heterocycles. The van der Waals surface area contributed by atoms with E-state index in [9.17, 15) is 13.2 Å². The van der Waals surface area contributed by atoms with E-state index in [1.807, 2.05) is 0 Å². The number of hydrogen-bond acceptors (Lipinski definition) is 4. The third kappa shape index (κ3) is 3.30. The number of nitrogens with one attached hydrogen (secondary N) is 1. The molecule has 1 rings (SSSR count). The van der Waals surface area contributed by atoms with Gasteiger partial charge >= 0.3 is 0 Å². The third-order valence-electron chi connectivity index (χ3n) is 1.84. The maximum absolute atomic E-state index is 11.3. The first-order valence-electron chi connectivity index (χ1n) is 4.57. The number of anilines is 1. The van der Waals surface area contributed by atoms with Crippen LogP contribution in [0.3, 0.4) is 0 Å². The van der Waals surface area contributed by atoms with Gasteiger partial charge in [-0.25, -0.2) is 13.6 Å². The fourth-order valence-electron chi connectivity index (χ4n) is 1.16. The first kappa shape index (κ1) is 12.6. The van der Waals surface area contributed by atoms with Crippen molar-refractivity contribution in [3.63, 3.8) is 0 Å². The van der Waals surface area contributed by atoms with Crippen molar-refractivity contribution < 1.29 is 13.2 Å². The Hall–Kier alpha value is -1.44. The van der Waals surface area contributed by atoms with Gasteiger partial charge in [-0.15, -0.1) is 0 Å². The predicted molar refractivity (Wildman–Crippen MR) is 60.1 cm³/mol. The van der Waals surface area contributed by atoms with E-state index in [1.165, 1.54) is 18.2 Å². The zero-order valence-electron chi connectivity index (χ0n) is 8.51. The van der Waals surface area contributed by atoms with Crippen molar-refractivity contribution >= 4 is 21.6 Å². The summed E-state index contributed by atoms with van der Waals surface area (Å²) in [7, 11) is -3.84. The fraction of sp³-hybridized carbons (Fsp3) is 0.222. The van der Waals surface area contributed by atoms with Crippen molar-refractivity contribution in [2.45, 2.75) is 11.3 Å². The number of carbonyl (C=O) groups is 1. The lowest BCUT2D eigenvalue weighted by molar-refractivity contribution is -0.116. The van der Waals surface area contributed by atoms with Crippen molar-refractivity contribution in [1.82, 2.24) is 0 Å². The smallest absolute Gasteiger partial charge is 0.240 e. The average molecular weight is 243 g/mol. The SMILES string of the molecule is NCCC(=O)Nc1ccccc1S(N)(=O)=O. The zero-order valence-corrected chi connectivity index (χ0v) is 9.33. The molecule has 5 N–H and O–H groups in total. The minimum atomic E-state index is -3.84. The summed E-state index contributed by atoms with van der Waals surface area (Å²) >= 11 is 0. The fourth-order valence-corrected chi connectivity index (χ4v) is 1.86. The molecule has 1 aromatic carbocycles. The molecule has 0 aliphatic heterocycles. The topological polar surface area (TPSA) is 115 Å².